The third-order valence-electron chi connectivity index (χ3n) is 6.43. The summed E-state index contributed by atoms with van der Waals surface area (Å²) >= 11 is 1.21. The smallest absolute Gasteiger partial charge is 0.226 e. The van der Waals surface area contributed by atoms with Crippen LogP contribution in [0, 0.1) is 18.8 Å². The van der Waals surface area contributed by atoms with E-state index in [0.717, 1.165) is 6.42 Å². The molecule has 2 aliphatic carbocycles. The van der Waals surface area contributed by atoms with Crippen LogP contribution < -0.4 is 5.32 Å². The topological polar surface area (TPSA) is 118 Å². The number of ketones is 1. The Morgan fingerprint density at radius 2 is 1.97 bits per heavy atom. The van der Waals surface area contributed by atoms with E-state index in [1.165, 1.54) is 48.3 Å². The second kappa shape index (κ2) is 9.89. The molecule has 1 N–H and O–H groups in total. The van der Waals surface area contributed by atoms with Crippen LogP contribution in [0.15, 0.2) is 4.63 Å². The fraction of sp³-hybridized carbons (Fsp3) is 0.636. The van der Waals surface area contributed by atoms with Crippen LogP contribution in [0.4, 0.5) is 5.13 Å². The first-order valence-corrected chi connectivity index (χ1v) is 12.1. The molecule has 0 aromatic carbocycles. The van der Waals surface area contributed by atoms with Crippen molar-refractivity contribution in [2.45, 2.75) is 71.3 Å². The Morgan fingerprint density at radius 3 is 2.69 bits per heavy atom. The summed E-state index contributed by atoms with van der Waals surface area (Å²) < 4.78 is 4.69. The normalized spacial score (nSPS) is 18.9. The van der Waals surface area contributed by atoms with Crippen LogP contribution in [-0.4, -0.2) is 44.8 Å². The van der Waals surface area contributed by atoms with Crippen molar-refractivity contribution in [2.75, 3.05) is 12.4 Å². The molecule has 0 radical (unpaired) electrons. The second-order valence-corrected chi connectivity index (χ2v) is 9.90. The van der Waals surface area contributed by atoms with E-state index >= 15 is 0 Å². The maximum absolute atomic E-state index is 12.9. The minimum absolute atomic E-state index is 0.0573. The van der Waals surface area contributed by atoms with Gasteiger partial charge < -0.3 is 10.2 Å². The highest BCUT2D eigenvalue weighted by Crippen LogP contribution is 2.33. The molecule has 0 spiro atoms. The van der Waals surface area contributed by atoms with Gasteiger partial charge in [0.1, 0.15) is 11.4 Å². The largest absolute Gasteiger partial charge is 0.339 e. The Bertz CT molecular complexity index is 994. The van der Waals surface area contributed by atoms with Gasteiger partial charge in [0.2, 0.25) is 11.8 Å². The molecule has 2 aromatic rings. The van der Waals surface area contributed by atoms with Crippen molar-refractivity contribution in [1.29, 1.82) is 0 Å². The fourth-order valence-electron chi connectivity index (χ4n) is 4.56. The van der Waals surface area contributed by atoms with Gasteiger partial charge in [0.05, 0.1) is 23.0 Å². The summed E-state index contributed by atoms with van der Waals surface area (Å²) in [4.78, 5) is 44.5. The number of carbonyl (C=O) groups is 3. The molecule has 0 aliphatic heterocycles. The van der Waals surface area contributed by atoms with Crippen LogP contribution in [0.25, 0.3) is 0 Å². The highest BCUT2D eigenvalue weighted by atomic mass is 32.1. The molecule has 0 unspecified atom stereocenters. The lowest BCUT2D eigenvalue weighted by atomic mass is 9.86. The molecular formula is C22H29N5O4S. The minimum atomic E-state index is -0.475. The number of carbonyl (C=O) groups excluding carboxylic acids is 3. The average Bonchev–Trinajstić information content (AvgIpc) is 3.38. The van der Waals surface area contributed by atoms with E-state index < -0.39 is 5.92 Å². The maximum atomic E-state index is 12.9. The summed E-state index contributed by atoms with van der Waals surface area (Å²) in [6.45, 7) is 2.03. The van der Waals surface area contributed by atoms with Gasteiger partial charge in [-0.2, -0.15) is 0 Å². The summed E-state index contributed by atoms with van der Waals surface area (Å²) in [5, 5.41) is 10.8. The summed E-state index contributed by atoms with van der Waals surface area (Å²) in [5.74, 6) is -0.133. The van der Waals surface area contributed by atoms with E-state index in [9.17, 15) is 14.4 Å². The summed E-state index contributed by atoms with van der Waals surface area (Å²) in [5.41, 5.74) is 1.82. The summed E-state index contributed by atoms with van der Waals surface area (Å²) in [7, 11) is 1.68. The van der Waals surface area contributed by atoms with Gasteiger partial charge in [-0.3, -0.25) is 14.4 Å². The van der Waals surface area contributed by atoms with Crippen molar-refractivity contribution >= 4 is 34.1 Å². The van der Waals surface area contributed by atoms with E-state index in [1.807, 2.05) is 0 Å². The van der Waals surface area contributed by atoms with Gasteiger partial charge in [0, 0.05) is 26.3 Å². The number of aryl methyl sites for hydroxylation is 1. The molecule has 2 heterocycles. The monoisotopic (exact) mass is 459 g/mol. The molecule has 1 atom stereocenters. The lowest BCUT2D eigenvalue weighted by Gasteiger charge is -2.24. The number of Topliss-reactive ketones (excluding diaryl/α,β-unsaturated/α-hetero) is 1. The van der Waals surface area contributed by atoms with Gasteiger partial charge in [-0.1, -0.05) is 53.8 Å². The zero-order valence-corrected chi connectivity index (χ0v) is 19.4. The molecule has 9 nitrogen and oxygen atoms in total. The van der Waals surface area contributed by atoms with Gasteiger partial charge in [-0.05, 0) is 19.3 Å². The predicted octanol–water partition coefficient (Wildman–Crippen LogP) is 3.54. The molecule has 1 saturated carbocycles. The number of nitrogens with zero attached hydrogens (tertiary/aromatic N) is 4. The Kier molecular flexibility index (Phi) is 6.98. The van der Waals surface area contributed by atoms with Crippen LogP contribution in [0.1, 0.15) is 78.1 Å². The quantitative estimate of drug-likeness (QED) is 0.673. The lowest BCUT2D eigenvalue weighted by Crippen LogP contribution is -2.37. The number of fused-ring (bicyclic) bond motifs is 1. The number of aromatic nitrogens is 3. The van der Waals surface area contributed by atoms with Gasteiger partial charge in [0.25, 0.3) is 0 Å². The molecule has 2 aromatic heterocycles. The predicted molar refractivity (Wildman–Crippen MR) is 118 cm³/mol. The van der Waals surface area contributed by atoms with E-state index in [4.69, 9.17) is 0 Å². The summed E-state index contributed by atoms with van der Waals surface area (Å²) in [6.07, 6.45) is 8.16. The number of hydrogen-bond acceptors (Lipinski definition) is 8. The van der Waals surface area contributed by atoms with Crippen molar-refractivity contribution in [3.63, 3.8) is 0 Å². The van der Waals surface area contributed by atoms with E-state index in [0.29, 0.717) is 45.9 Å². The second-order valence-electron chi connectivity index (χ2n) is 8.90. The number of anilines is 1. The molecule has 172 valence electrons. The Hall–Kier alpha value is -2.62. The van der Waals surface area contributed by atoms with Crippen molar-refractivity contribution in [3.8, 4) is 0 Å². The molecule has 2 amide bonds. The van der Waals surface area contributed by atoms with Crippen LogP contribution in [0.5, 0.6) is 0 Å². The van der Waals surface area contributed by atoms with Gasteiger partial charge in [-0.15, -0.1) is 0 Å². The molecule has 32 heavy (non-hydrogen) atoms. The standard InChI is InChI=1S/C22H29N5O4S/c1-13-17(26-31-25-13)12-27(2)21(30)15-10-16-20(18(28)11-15)32-22(23-16)24-19(29)9-8-14-6-4-3-5-7-14/h14-15H,3-12H2,1-2H3,(H,23,24,29)/t15-/m0/s1. The average molecular weight is 460 g/mol. The van der Waals surface area contributed by atoms with Crippen molar-refractivity contribution in [3.05, 3.63) is 22.0 Å². The molecular weight excluding hydrogens is 430 g/mol. The van der Waals surface area contributed by atoms with Crippen molar-refractivity contribution in [1.82, 2.24) is 20.2 Å². The third-order valence-corrected chi connectivity index (χ3v) is 7.49. The Morgan fingerprint density at radius 1 is 1.19 bits per heavy atom. The zero-order chi connectivity index (χ0) is 22.7. The first-order valence-electron chi connectivity index (χ1n) is 11.3. The highest BCUT2D eigenvalue weighted by molar-refractivity contribution is 7.17. The lowest BCUT2D eigenvalue weighted by molar-refractivity contribution is -0.134. The van der Waals surface area contributed by atoms with Crippen LogP contribution >= 0.6 is 11.3 Å². The number of rotatable bonds is 7. The highest BCUT2D eigenvalue weighted by Gasteiger charge is 2.34. The van der Waals surface area contributed by atoms with Gasteiger partial charge in [-0.25, -0.2) is 9.61 Å². The van der Waals surface area contributed by atoms with E-state index in [1.54, 1.807) is 14.0 Å². The third kappa shape index (κ3) is 5.23. The Labute approximate surface area is 190 Å². The molecule has 0 bridgehead atoms. The van der Waals surface area contributed by atoms with E-state index in [-0.39, 0.29) is 30.6 Å². The molecule has 0 saturated heterocycles. The van der Waals surface area contributed by atoms with Gasteiger partial charge in [0.15, 0.2) is 10.9 Å². The maximum Gasteiger partial charge on any atom is 0.226 e. The first-order chi connectivity index (χ1) is 15.4. The Balaban J connectivity index is 1.34. The number of amides is 2. The van der Waals surface area contributed by atoms with Crippen LogP contribution in [0.3, 0.4) is 0 Å². The molecule has 4 rings (SSSR count). The van der Waals surface area contributed by atoms with Gasteiger partial charge >= 0.3 is 0 Å². The number of hydrogen-bond donors (Lipinski definition) is 1. The minimum Gasteiger partial charge on any atom is -0.339 e. The van der Waals surface area contributed by atoms with Crippen LogP contribution in [0.2, 0.25) is 0 Å². The molecule has 10 heteroatoms. The van der Waals surface area contributed by atoms with E-state index in [2.05, 4.69) is 25.2 Å². The van der Waals surface area contributed by atoms with Crippen molar-refractivity contribution < 1.29 is 19.0 Å². The SMILES string of the molecule is Cc1nonc1CN(C)C(=O)[C@@H]1CC(=O)c2sc(NC(=O)CCC3CCCCC3)nc2C1. The molecule has 2 aliphatic rings. The summed E-state index contributed by atoms with van der Waals surface area (Å²) in [6, 6.07) is 0. The van der Waals surface area contributed by atoms with Crippen LogP contribution in [-0.2, 0) is 22.6 Å². The first kappa shape index (κ1) is 22.6. The molecule has 1 fully saturated rings. The number of thiazole rings is 1. The fourth-order valence-corrected chi connectivity index (χ4v) is 5.52. The number of nitrogens with one attached hydrogen (secondary N) is 1. The van der Waals surface area contributed by atoms with Crippen molar-refractivity contribution in [2.24, 2.45) is 11.8 Å². The zero-order valence-electron chi connectivity index (χ0n) is 18.6.